The predicted octanol–water partition coefficient (Wildman–Crippen LogP) is 10.3. The highest BCUT2D eigenvalue weighted by Gasteiger charge is 2.71. The number of ether oxygens (including phenoxy) is 2. The molecule has 2 saturated heterocycles. The average Bonchev–Trinajstić information content (AvgIpc) is 3.67. The molecule has 0 radical (unpaired) electrons. The van der Waals surface area contributed by atoms with Gasteiger partial charge in [0, 0.05) is 32.7 Å². The van der Waals surface area contributed by atoms with E-state index in [1.165, 1.54) is 11.0 Å². The molecule has 2 aliphatic carbocycles. The van der Waals surface area contributed by atoms with Crippen LogP contribution in [0, 0.1) is 23.7 Å². The second kappa shape index (κ2) is 16.7. The molecule has 3 heterocycles. The Morgan fingerprint density at radius 2 is 1.62 bits per heavy atom. The van der Waals surface area contributed by atoms with Crippen molar-refractivity contribution in [3.05, 3.63) is 151 Å². The Hall–Kier alpha value is -6.16. The van der Waals surface area contributed by atoms with Crippen molar-refractivity contribution in [3.8, 4) is 17.2 Å². The van der Waals surface area contributed by atoms with Gasteiger partial charge in [-0.3, -0.25) is 29.5 Å². The maximum Gasteiger partial charge on any atom is 0.417 e. The number of hydrazine groups is 1. The van der Waals surface area contributed by atoms with Gasteiger partial charge in [-0.1, -0.05) is 87.2 Å². The van der Waals surface area contributed by atoms with Crippen molar-refractivity contribution in [1.82, 2.24) is 9.99 Å². The number of pyridine rings is 1. The topological polar surface area (TPSA) is 138 Å². The van der Waals surface area contributed by atoms with Crippen LogP contribution in [0.15, 0.2) is 113 Å². The molecule has 65 heavy (non-hydrogen) atoms. The van der Waals surface area contributed by atoms with Crippen molar-refractivity contribution in [3.63, 3.8) is 0 Å². The predicted molar refractivity (Wildman–Crippen MR) is 240 cm³/mol. The van der Waals surface area contributed by atoms with Crippen LogP contribution >= 0.6 is 39.1 Å². The van der Waals surface area contributed by atoms with E-state index in [2.05, 4.69) is 26.3 Å². The normalized spacial score (nSPS) is 23.9. The number of allylic oxidation sites excluding steroid dienone is 2. The smallest absolute Gasteiger partial charge is 0.417 e. The van der Waals surface area contributed by atoms with Crippen LogP contribution in [0.3, 0.4) is 0 Å². The van der Waals surface area contributed by atoms with E-state index >= 15 is 9.59 Å². The molecular formula is C48H36BrCl2F3N4O7. The van der Waals surface area contributed by atoms with E-state index in [1.54, 1.807) is 87.0 Å². The fourth-order valence-electron chi connectivity index (χ4n) is 10.0. The fraction of sp³-hybridized carbons (Fsp3) is 0.229. The van der Waals surface area contributed by atoms with Crippen LogP contribution in [0.2, 0.25) is 10.0 Å². The minimum atomic E-state index is -4.77. The van der Waals surface area contributed by atoms with E-state index < -0.39 is 81.2 Å². The van der Waals surface area contributed by atoms with Gasteiger partial charge in [-0.25, -0.2) is 4.98 Å². The van der Waals surface area contributed by atoms with Crippen molar-refractivity contribution in [2.75, 3.05) is 24.5 Å². The number of carbonyl (C=O) groups excluding carboxylic acids is 4. The molecular weight excluding hydrogens is 952 g/mol. The first-order valence-corrected chi connectivity index (χ1v) is 21.8. The number of aromatic hydroxyl groups is 1. The Kier molecular flexibility index (Phi) is 11.3. The van der Waals surface area contributed by atoms with E-state index in [4.69, 9.17) is 32.7 Å². The number of anilines is 2. The zero-order valence-corrected chi connectivity index (χ0v) is 37.4. The highest BCUT2D eigenvalue weighted by Crippen LogP contribution is 2.65. The number of methoxy groups -OCH3 is 2. The molecule has 2 aliphatic heterocycles. The van der Waals surface area contributed by atoms with Crippen LogP contribution in [0.25, 0.3) is 12.2 Å². The van der Waals surface area contributed by atoms with Gasteiger partial charge in [0.15, 0.2) is 5.82 Å². The Morgan fingerprint density at radius 3 is 2.29 bits per heavy atom. The first kappa shape index (κ1) is 44.1. The number of imide groups is 2. The number of hydrogen-bond acceptors (Lipinski definition) is 9. The lowest BCUT2D eigenvalue weighted by Crippen LogP contribution is -2.53. The number of rotatable bonds is 9. The summed E-state index contributed by atoms with van der Waals surface area (Å²) in [7, 11) is 3.14. The molecule has 4 aromatic carbocycles. The first-order valence-electron chi connectivity index (χ1n) is 20.3. The number of nitrogens with one attached hydrogen (secondary N) is 1. The third-order valence-electron chi connectivity index (χ3n) is 12.9. The number of fused-ring (bicyclic) bond motifs is 4. The number of nitrogens with zero attached hydrogens (tertiary/aromatic N) is 3. The van der Waals surface area contributed by atoms with E-state index in [1.807, 2.05) is 24.3 Å². The molecule has 9 rings (SSSR count). The Labute approximate surface area is 388 Å². The summed E-state index contributed by atoms with van der Waals surface area (Å²) in [5.41, 5.74) is 2.71. The van der Waals surface area contributed by atoms with Gasteiger partial charge < -0.3 is 14.6 Å². The molecule has 6 atom stereocenters. The quantitative estimate of drug-likeness (QED) is 0.0840. The zero-order chi connectivity index (χ0) is 46.1. The van der Waals surface area contributed by atoms with Crippen LogP contribution < -0.4 is 19.8 Å². The summed E-state index contributed by atoms with van der Waals surface area (Å²) in [4.78, 5) is 64.7. The Bertz CT molecular complexity index is 2860. The van der Waals surface area contributed by atoms with Crippen molar-refractivity contribution in [2.24, 2.45) is 23.7 Å². The van der Waals surface area contributed by atoms with Gasteiger partial charge in [0.25, 0.3) is 11.8 Å². The van der Waals surface area contributed by atoms with Gasteiger partial charge in [0.1, 0.15) is 17.2 Å². The number of hydrogen-bond donors (Lipinski definition) is 2. The third-order valence-corrected chi connectivity index (χ3v) is 13.9. The standard InChI is InChI=1S/C48H36BrCl2F3N4O7/c1-64-31-14-18-39(65-2)25(19-31)6-3-24-4-12-30(13-5-24)57-43(60)33-16-15-32-34(40(33)45(57)62)22-36-44(61)58(56-42-37(51)20-27(23-55-42)48(52,53)54)46(63)47(36,26-7-10-29(50)11-8-26)41(32)35-21-28(49)9-17-38(35)59/h3-15,17-21,23,33-34,36,40-41,59H,16,22H2,1-2H3,(H,55,56)/t33-,34+,36-,40-,41+,47+/m0/s1. The van der Waals surface area contributed by atoms with Crippen LogP contribution in [0.1, 0.15) is 46.6 Å². The SMILES string of the molecule is COc1ccc(OC)c(C=Cc2ccc(N3C(=O)[C@H]4[C@H](CC=C5[C@H]4C[C@H]4C(=O)N(Nc6ncc(C(F)(F)F)cc6Cl)C(=O)[C@@]4(c4ccc(Cl)cc4)[C@H]5c4cc(Br)ccc4O)C3=O)cc2)c1. The minimum absolute atomic E-state index is 0.0951. The number of amides is 4. The van der Waals surface area contributed by atoms with Crippen molar-refractivity contribution >= 4 is 86.4 Å². The number of alkyl halides is 3. The number of halogens is 6. The van der Waals surface area contributed by atoms with Gasteiger partial charge in [0.2, 0.25) is 11.8 Å². The van der Waals surface area contributed by atoms with Gasteiger partial charge in [-0.2, -0.15) is 18.2 Å². The number of phenolic OH excluding ortho intramolecular Hbond substituents is 1. The molecule has 0 unspecified atom stereocenters. The summed E-state index contributed by atoms with van der Waals surface area (Å²) in [6.45, 7) is 0. The molecule has 332 valence electrons. The van der Waals surface area contributed by atoms with E-state index in [-0.39, 0.29) is 24.2 Å². The summed E-state index contributed by atoms with van der Waals surface area (Å²) >= 11 is 16.2. The molecule has 0 spiro atoms. The summed E-state index contributed by atoms with van der Waals surface area (Å²) in [5, 5.41) is 12.2. The van der Waals surface area contributed by atoms with Gasteiger partial charge in [0.05, 0.1) is 53.7 Å². The average molecular weight is 989 g/mol. The van der Waals surface area contributed by atoms with Crippen LogP contribution in [0.4, 0.5) is 24.7 Å². The largest absolute Gasteiger partial charge is 0.508 e. The summed E-state index contributed by atoms with van der Waals surface area (Å²) in [6, 6.07) is 24.0. The lowest BCUT2D eigenvalue weighted by molar-refractivity contribution is -0.139. The maximum absolute atomic E-state index is 15.4. The van der Waals surface area contributed by atoms with E-state index in [9.17, 15) is 27.9 Å². The van der Waals surface area contributed by atoms with Crippen molar-refractivity contribution in [1.29, 1.82) is 0 Å². The molecule has 1 aromatic heterocycles. The molecule has 4 amide bonds. The third kappa shape index (κ3) is 7.33. The van der Waals surface area contributed by atoms with Crippen LogP contribution in [-0.2, 0) is 30.8 Å². The van der Waals surface area contributed by atoms with E-state index in [0.717, 1.165) is 11.1 Å². The van der Waals surface area contributed by atoms with Crippen LogP contribution in [-0.4, -0.2) is 52.9 Å². The van der Waals surface area contributed by atoms with Crippen molar-refractivity contribution in [2.45, 2.75) is 30.4 Å². The second-order valence-electron chi connectivity index (χ2n) is 16.2. The second-order valence-corrected chi connectivity index (χ2v) is 17.9. The molecule has 17 heteroatoms. The van der Waals surface area contributed by atoms with Gasteiger partial charge >= 0.3 is 6.18 Å². The molecule has 1 saturated carbocycles. The lowest BCUT2D eigenvalue weighted by atomic mass is 9.49. The fourth-order valence-corrected chi connectivity index (χ4v) is 10.7. The first-order chi connectivity index (χ1) is 31.1. The maximum atomic E-state index is 15.4. The van der Waals surface area contributed by atoms with Crippen LogP contribution in [0.5, 0.6) is 17.2 Å². The zero-order valence-electron chi connectivity index (χ0n) is 34.3. The molecule has 5 aromatic rings. The molecule has 4 aliphatic rings. The molecule has 0 bridgehead atoms. The molecule has 2 N–H and O–H groups in total. The highest BCUT2D eigenvalue weighted by atomic mass is 79.9. The highest BCUT2D eigenvalue weighted by molar-refractivity contribution is 9.10. The monoisotopic (exact) mass is 986 g/mol. The van der Waals surface area contributed by atoms with Gasteiger partial charge in [-0.05, 0) is 96.6 Å². The number of carbonyl (C=O) groups is 4. The van der Waals surface area contributed by atoms with Gasteiger partial charge in [-0.15, -0.1) is 0 Å². The summed E-state index contributed by atoms with van der Waals surface area (Å²) in [6.07, 6.45) is 1.33. The molecule has 11 nitrogen and oxygen atoms in total. The Morgan fingerprint density at radius 1 is 0.877 bits per heavy atom. The summed E-state index contributed by atoms with van der Waals surface area (Å²) < 4.78 is 52.1. The minimum Gasteiger partial charge on any atom is -0.508 e. The number of aromatic nitrogens is 1. The summed E-state index contributed by atoms with van der Waals surface area (Å²) in [5.74, 6) is -6.73. The number of phenols is 1. The molecule has 3 fully saturated rings. The van der Waals surface area contributed by atoms with Crippen molar-refractivity contribution < 1.29 is 46.9 Å². The Balaban J connectivity index is 1.12. The lowest BCUT2D eigenvalue weighted by Gasteiger charge is -2.50. The van der Waals surface area contributed by atoms with E-state index in [0.29, 0.717) is 55.1 Å². The number of benzene rings is 4.